The molecule has 0 aliphatic heterocycles. The molecular formula is C15H16N4O2S. The van der Waals surface area contributed by atoms with Gasteiger partial charge in [-0.05, 0) is 26.0 Å². The minimum absolute atomic E-state index is 0.204. The van der Waals surface area contributed by atoms with Crippen molar-refractivity contribution in [3.8, 4) is 11.3 Å². The molecule has 22 heavy (non-hydrogen) atoms. The molecule has 0 aromatic carbocycles. The molecule has 3 aromatic rings. The van der Waals surface area contributed by atoms with Crippen LogP contribution in [-0.2, 0) is 11.8 Å². The highest BCUT2D eigenvalue weighted by atomic mass is 32.1. The molecule has 114 valence electrons. The Morgan fingerprint density at radius 1 is 1.41 bits per heavy atom. The number of hydrogen-bond donors (Lipinski definition) is 1. The Bertz CT molecular complexity index is 904. The molecular weight excluding hydrogens is 300 g/mol. The van der Waals surface area contributed by atoms with Crippen molar-refractivity contribution in [3.63, 3.8) is 0 Å². The summed E-state index contributed by atoms with van der Waals surface area (Å²) in [5.41, 5.74) is 2.28. The number of H-pyrrole nitrogens is 1. The minimum Gasteiger partial charge on any atom is -0.446 e. The molecule has 0 aliphatic carbocycles. The van der Waals surface area contributed by atoms with Crippen molar-refractivity contribution in [1.82, 2.24) is 19.3 Å². The molecule has 3 rings (SSSR count). The van der Waals surface area contributed by atoms with E-state index in [1.807, 2.05) is 33.2 Å². The number of fused-ring (bicyclic) bond motifs is 1. The van der Waals surface area contributed by atoms with Gasteiger partial charge in [0.2, 0.25) is 0 Å². The first-order valence-electron chi connectivity index (χ1n) is 6.90. The molecule has 0 spiro atoms. The standard InChI is InChI=1S/C15H16N4O2S/c1-9(2)21-15(20)19-12(11-7-17-18(3)8-11)4-10-6-16-14(22)5-13(10)19/h4-9H,1-3H3,(H,16,22). The fraction of sp³-hybridized carbons (Fsp3) is 0.267. The van der Waals surface area contributed by atoms with E-state index in [1.165, 1.54) is 4.57 Å². The van der Waals surface area contributed by atoms with Crippen LogP contribution in [0.5, 0.6) is 0 Å². The molecule has 0 fully saturated rings. The Morgan fingerprint density at radius 3 is 2.82 bits per heavy atom. The number of carbonyl (C=O) groups is 1. The maximum Gasteiger partial charge on any atom is 0.419 e. The van der Waals surface area contributed by atoms with Crippen molar-refractivity contribution in [2.24, 2.45) is 7.05 Å². The molecule has 3 aromatic heterocycles. The number of aromatic amines is 1. The predicted octanol–water partition coefficient (Wildman–Crippen LogP) is 3.49. The van der Waals surface area contributed by atoms with E-state index >= 15 is 0 Å². The molecule has 0 radical (unpaired) electrons. The van der Waals surface area contributed by atoms with Crippen molar-refractivity contribution < 1.29 is 9.53 Å². The summed E-state index contributed by atoms with van der Waals surface area (Å²) in [6, 6.07) is 3.67. The number of ether oxygens (including phenoxy) is 1. The lowest BCUT2D eigenvalue weighted by Crippen LogP contribution is -2.18. The van der Waals surface area contributed by atoms with Gasteiger partial charge in [0.15, 0.2) is 0 Å². The van der Waals surface area contributed by atoms with Crippen LogP contribution in [0.3, 0.4) is 0 Å². The maximum atomic E-state index is 12.5. The number of nitrogens with zero attached hydrogens (tertiary/aromatic N) is 3. The highest BCUT2D eigenvalue weighted by Crippen LogP contribution is 2.28. The van der Waals surface area contributed by atoms with E-state index in [1.54, 1.807) is 23.1 Å². The van der Waals surface area contributed by atoms with Gasteiger partial charge in [0.05, 0.1) is 23.5 Å². The molecule has 0 unspecified atom stereocenters. The topological polar surface area (TPSA) is 64.8 Å². The SMILES string of the molecule is CC(C)OC(=O)n1c(-c2cnn(C)c2)cc2c[nH]c(=S)cc21. The Hall–Kier alpha value is -2.41. The Kier molecular flexibility index (Phi) is 3.58. The van der Waals surface area contributed by atoms with Gasteiger partial charge < -0.3 is 9.72 Å². The molecule has 0 aliphatic rings. The van der Waals surface area contributed by atoms with Gasteiger partial charge in [-0.3, -0.25) is 4.68 Å². The van der Waals surface area contributed by atoms with Crippen LogP contribution >= 0.6 is 12.2 Å². The Morgan fingerprint density at radius 2 is 2.18 bits per heavy atom. The third kappa shape index (κ3) is 2.55. The van der Waals surface area contributed by atoms with E-state index in [-0.39, 0.29) is 6.10 Å². The smallest absolute Gasteiger partial charge is 0.419 e. The summed E-state index contributed by atoms with van der Waals surface area (Å²) in [5, 5.41) is 5.05. The van der Waals surface area contributed by atoms with Gasteiger partial charge in [0.25, 0.3) is 0 Å². The summed E-state index contributed by atoms with van der Waals surface area (Å²) in [4.78, 5) is 15.5. The van der Waals surface area contributed by atoms with Gasteiger partial charge in [0, 0.05) is 30.4 Å². The van der Waals surface area contributed by atoms with Crippen molar-refractivity contribution in [2.75, 3.05) is 0 Å². The minimum atomic E-state index is -0.426. The Balaban J connectivity index is 2.26. The van der Waals surface area contributed by atoms with Crippen LogP contribution in [0.4, 0.5) is 4.79 Å². The lowest BCUT2D eigenvalue weighted by atomic mass is 10.2. The number of rotatable bonds is 2. The largest absolute Gasteiger partial charge is 0.446 e. The molecule has 0 atom stereocenters. The van der Waals surface area contributed by atoms with Crippen LogP contribution in [0.2, 0.25) is 0 Å². The van der Waals surface area contributed by atoms with E-state index in [4.69, 9.17) is 17.0 Å². The zero-order chi connectivity index (χ0) is 15.9. The van der Waals surface area contributed by atoms with Crippen molar-refractivity contribution in [3.05, 3.63) is 35.4 Å². The van der Waals surface area contributed by atoms with Crippen molar-refractivity contribution >= 4 is 29.2 Å². The second-order valence-electron chi connectivity index (χ2n) is 5.34. The average Bonchev–Trinajstić information content (AvgIpc) is 3.00. The molecule has 0 amide bonds. The summed E-state index contributed by atoms with van der Waals surface area (Å²) >= 11 is 5.17. The summed E-state index contributed by atoms with van der Waals surface area (Å²) in [5.74, 6) is 0. The summed E-state index contributed by atoms with van der Waals surface area (Å²) in [6.45, 7) is 3.64. The summed E-state index contributed by atoms with van der Waals surface area (Å²) in [7, 11) is 1.83. The predicted molar refractivity (Wildman–Crippen MR) is 86.3 cm³/mol. The molecule has 7 heteroatoms. The van der Waals surface area contributed by atoms with Crippen LogP contribution in [0.15, 0.2) is 30.7 Å². The van der Waals surface area contributed by atoms with Gasteiger partial charge in [-0.25, -0.2) is 9.36 Å². The highest BCUT2D eigenvalue weighted by Gasteiger charge is 2.19. The number of nitrogens with one attached hydrogen (secondary N) is 1. The van der Waals surface area contributed by atoms with E-state index < -0.39 is 6.09 Å². The Labute approximate surface area is 132 Å². The lowest BCUT2D eigenvalue weighted by molar-refractivity contribution is 0.118. The maximum absolute atomic E-state index is 12.5. The third-order valence-electron chi connectivity index (χ3n) is 3.23. The lowest BCUT2D eigenvalue weighted by Gasteiger charge is -2.11. The van der Waals surface area contributed by atoms with Crippen molar-refractivity contribution in [1.29, 1.82) is 0 Å². The molecule has 6 nitrogen and oxygen atoms in total. The summed E-state index contributed by atoms with van der Waals surface area (Å²) in [6.07, 6.45) is 4.73. The number of aryl methyl sites for hydroxylation is 1. The van der Waals surface area contributed by atoms with Gasteiger partial charge in [-0.2, -0.15) is 5.10 Å². The summed E-state index contributed by atoms with van der Waals surface area (Å²) < 4.78 is 9.15. The van der Waals surface area contributed by atoms with E-state index in [0.717, 1.165) is 16.6 Å². The molecule has 1 N–H and O–H groups in total. The monoisotopic (exact) mass is 316 g/mol. The fourth-order valence-electron chi connectivity index (χ4n) is 2.34. The normalized spacial score (nSPS) is 11.3. The van der Waals surface area contributed by atoms with Crippen LogP contribution in [0.1, 0.15) is 13.8 Å². The quantitative estimate of drug-likeness (QED) is 0.735. The first kappa shape index (κ1) is 14.5. The highest BCUT2D eigenvalue weighted by molar-refractivity contribution is 7.71. The van der Waals surface area contributed by atoms with E-state index in [9.17, 15) is 4.79 Å². The first-order chi connectivity index (χ1) is 10.5. The van der Waals surface area contributed by atoms with Gasteiger partial charge in [-0.1, -0.05) is 12.2 Å². The fourth-order valence-corrected chi connectivity index (χ4v) is 2.51. The zero-order valence-corrected chi connectivity index (χ0v) is 13.3. The first-order valence-corrected chi connectivity index (χ1v) is 7.30. The second kappa shape index (κ2) is 5.42. The number of pyridine rings is 1. The number of aromatic nitrogens is 4. The molecule has 0 bridgehead atoms. The molecule has 0 saturated heterocycles. The van der Waals surface area contributed by atoms with Gasteiger partial charge in [0.1, 0.15) is 4.64 Å². The number of hydrogen-bond acceptors (Lipinski definition) is 4. The third-order valence-corrected chi connectivity index (χ3v) is 3.46. The average molecular weight is 316 g/mol. The van der Waals surface area contributed by atoms with Crippen LogP contribution in [-0.4, -0.2) is 31.5 Å². The van der Waals surface area contributed by atoms with Crippen LogP contribution in [0, 0.1) is 4.64 Å². The van der Waals surface area contributed by atoms with E-state index in [0.29, 0.717) is 10.2 Å². The molecule has 0 saturated carbocycles. The van der Waals surface area contributed by atoms with Crippen molar-refractivity contribution in [2.45, 2.75) is 20.0 Å². The van der Waals surface area contributed by atoms with Crippen LogP contribution in [0.25, 0.3) is 22.2 Å². The second-order valence-corrected chi connectivity index (χ2v) is 5.78. The van der Waals surface area contributed by atoms with Crippen LogP contribution < -0.4 is 0 Å². The van der Waals surface area contributed by atoms with E-state index in [2.05, 4.69) is 10.1 Å². The zero-order valence-electron chi connectivity index (χ0n) is 12.5. The van der Waals surface area contributed by atoms with Gasteiger partial charge >= 0.3 is 6.09 Å². The number of carbonyl (C=O) groups excluding carboxylic acids is 1. The molecule has 3 heterocycles. The van der Waals surface area contributed by atoms with Gasteiger partial charge in [-0.15, -0.1) is 0 Å².